The lowest BCUT2D eigenvalue weighted by Gasteiger charge is -2.13. The van der Waals surface area contributed by atoms with Crippen LogP contribution in [0.5, 0.6) is 0 Å². The van der Waals surface area contributed by atoms with Crippen molar-refractivity contribution in [1.82, 2.24) is 0 Å². The first-order valence-electron chi connectivity index (χ1n) is 8.20. The largest absolute Gasteiger partial charge is 0.465 e. The Morgan fingerprint density at radius 1 is 1.05 bits per heavy atom. The van der Waals surface area contributed by atoms with Crippen LogP contribution in [0.25, 0.3) is 0 Å². The zero-order valence-electron chi connectivity index (χ0n) is 14.1. The van der Waals surface area contributed by atoms with Gasteiger partial charge < -0.3 is 4.74 Å². The molecule has 0 atom stereocenters. The number of ether oxygens (including phenoxy) is 1. The van der Waals surface area contributed by atoms with Gasteiger partial charge in [0.2, 0.25) is 0 Å². The van der Waals surface area contributed by atoms with Crippen LogP contribution >= 0.6 is 0 Å². The van der Waals surface area contributed by atoms with Crippen LogP contribution in [0.1, 0.15) is 73.4 Å². The number of hydrogen-bond acceptors (Lipinski definition) is 2. The number of aryl methyl sites for hydroxylation is 2. The van der Waals surface area contributed by atoms with Crippen LogP contribution in [-0.2, 0) is 4.74 Å². The van der Waals surface area contributed by atoms with Gasteiger partial charge in [-0.25, -0.2) is 4.79 Å². The highest BCUT2D eigenvalue weighted by Gasteiger charge is 2.07. The Balaban J connectivity index is 0.000000219. The predicted molar refractivity (Wildman–Crippen MR) is 88.7 cm³/mol. The molecule has 0 bridgehead atoms. The van der Waals surface area contributed by atoms with Gasteiger partial charge >= 0.3 is 5.97 Å². The van der Waals surface area contributed by atoms with E-state index >= 15 is 0 Å². The van der Waals surface area contributed by atoms with Crippen molar-refractivity contribution in [3.05, 3.63) is 34.9 Å². The Morgan fingerprint density at radius 3 is 2.14 bits per heavy atom. The van der Waals surface area contributed by atoms with Crippen molar-refractivity contribution >= 4 is 5.97 Å². The molecule has 0 unspecified atom stereocenters. The molecule has 2 heteroatoms. The van der Waals surface area contributed by atoms with Gasteiger partial charge in [-0.1, -0.05) is 69.6 Å². The minimum Gasteiger partial charge on any atom is -0.465 e. The van der Waals surface area contributed by atoms with Crippen LogP contribution in [0.2, 0.25) is 0 Å². The molecule has 0 heterocycles. The molecule has 1 aliphatic rings. The number of hydrogen-bond donors (Lipinski definition) is 0. The van der Waals surface area contributed by atoms with E-state index in [4.69, 9.17) is 0 Å². The fourth-order valence-corrected chi connectivity index (χ4v) is 2.81. The van der Waals surface area contributed by atoms with Gasteiger partial charge in [-0.05, 0) is 31.4 Å². The van der Waals surface area contributed by atoms with E-state index < -0.39 is 0 Å². The summed E-state index contributed by atoms with van der Waals surface area (Å²) < 4.78 is 4.62. The zero-order chi connectivity index (χ0) is 15.7. The number of carbonyl (C=O) groups is 1. The lowest BCUT2D eigenvalue weighted by Crippen LogP contribution is -2.03. The van der Waals surface area contributed by atoms with E-state index in [0.29, 0.717) is 5.56 Å². The summed E-state index contributed by atoms with van der Waals surface area (Å²) in [5, 5.41) is 0. The van der Waals surface area contributed by atoms with E-state index in [2.05, 4.69) is 11.7 Å². The molecule has 0 radical (unpaired) electrons. The first-order chi connectivity index (χ1) is 10.0. The molecule has 1 fully saturated rings. The molecule has 0 spiro atoms. The molecule has 0 saturated heterocycles. The lowest BCUT2D eigenvalue weighted by atomic mass is 9.93. The second-order valence-corrected chi connectivity index (χ2v) is 6.26. The summed E-state index contributed by atoms with van der Waals surface area (Å²) in [4.78, 5) is 11.1. The highest BCUT2D eigenvalue weighted by Crippen LogP contribution is 2.20. The number of esters is 1. The SMILES string of the molecule is CC1CCCCCCC1.COC(=O)c1ccc(C)cc1C. The van der Waals surface area contributed by atoms with Crippen molar-refractivity contribution in [2.75, 3.05) is 7.11 Å². The molecular formula is C19H30O2. The number of methoxy groups -OCH3 is 1. The summed E-state index contributed by atoms with van der Waals surface area (Å²) in [6, 6.07) is 5.65. The zero-order valence-corrected chi connectivity index (χ0v) is 14.1. The van der Waals surface area contributed by atoms with Crippen LogP contribution in [0, 0.1) is 19.8 Å². The van der Waals surface area contributed by atoms with E-state index in [-0.39, 0.29) is 5.97 Å². The third kappa shape index (κ3) is 6.79. The van der Waals surface area contributed by atoms with Gasteiger partial charge in [0.1, 0.15) is 0 Å². The van der Waals surface area contributed by atoms with E-state index in [1.54, 1.807) is 6.07 Å². The van der Waals surface area contributed by atoms with Crippen LogP contribution in [0.4, 0.5) is 0 Å². The number of rotatable bonds is 1. The lowest BCUT2D eigenvalue weighted by molar-refractivity contribution is 0.0600. The van der Waals surface area contributed by atoms with Crippen molar-refractivity contribution in [3.63, 3.8) is 0 Å². The van der Waals surface area contributed by atoms with E-state index in [0.717, 1.165) is 17.0 Å². The summed E-state index contributed by atoms with van der Waals surface area (Å²) in [5.41, 5.74) is 2.75. The maximum Gasteiger partial charge on any atom is 0.338 e. The average Bonchev–Trinajstić information content (AvgIpc) is 2.43. The highest BCUT2D eigenvalue weighted by molar-refractivity contribution is 5.90. The molecule has 0 amide bonds. The molecule has 2 nitrogen and oxygen atoms in total. The van der Waals surface area contributed by atoms with Crippen molar-refractivity contribution in [3.8, 4) is 0 Å². The van der Waals surface area contributed by atoms with Gasteiger partial charge in [0, 0.05) is 0 Å². The number of carbonyl (C=O) groups excluding carboxylic acids is 1. The van der Waals surface area contributed by atoms with Crippen LogP contribution in [-0.4, -0.2) is 13.1 Å². The summed E-state index contributed by atoms with van der Waals surface area (Å²) in [6.07, 6.45) is 10.4. The molecular weight excluding hydrogens is 260 g/mol. The van der Waals surface area contributed by atoms with Crippen molar-refractivity contribution in [2.45, 2.75) is 65.7 Å². The minimum atomic E-state index is -0.271. The first kappa shape index (κ1) is 17.7. The van der Waals surface area contributed by atoms with Crippen molar-refractivity contribution < 1.29 is 9.53 Å². The third-order valence-electron chi connectivity index (χ3n) is 4.18. The topological polar surface area (TPSA) is 26.3 Å². The van der Waals surface area contributed by atoms with Gasteiger partial charge in [-0.15, -0.1) is 0 Å². The first-order valence-corrected chi connectivity index (χ1v) is 8.20. The third-order valence-corrected chi connectivity index (χ3v) is 4.18. The molecule has 118 valence electrons. The Bertz CT molecular complexity index is 429. The molecule has 0 aliphatic heterocycles. The van der Waals surface area contributed by atoms with Crippen molar-refractivity contribution in [1.29, 1.82) is 0 Å². The average molecular weight is 290 g/mol. The standard InChI is InChI=1S/C10H12O2.C9H18/c1-7-4-5-9(8(2)6-7)10(11)12-3;1-9-7-5-3-2-4-6-8-9/h4-6H,1-3H3;9H,2-8H2,1H3. The van der Waals surface area contributed by atoms with Gasteiger partial charge in [-0.2, -0.15) is 0 Å². The van der Waals surface area contributed by atoms with Crippen molar-refractivity contribution in [2.24, 2.45) is 5.92 Å². The van der Waals surface area contributed by atoms with E-state index in [9.17, 15) is 4.79 Å². The Kier molecular flexibility index (Phi) is 8.11. The fraction of sp³-hybridized carbons (Fsp3) is 0.632. The number of benzene rings is 1. The monoisotopic (exact) mass is 290 g/mol. The second kappa shape index (κ2) is 9.59. The van der Waals surface area contributed by atoms with Gasteiger partial charge in [0.25, 0.3) is 0 Å². The Morgan fingerprint density at radius 2 is 1.62 bits per heavy atom. The van der Waals surface area contributed by atoms with Crippen LogP contribution in [0.3, 0.4) is 0 Å². The minimum absolute atomic E-state index is 0.271. The molecule has 0 aromatic heterocycles. The summed E-state index contributed by atoms with van der Waals surface area (Å²) in [5.74, 6) is 0.748. The van der Waals surface area contributed by atoms with Gasteiger partial charge in [0.05, 0.1) is 12.7 Å². The van der Waals surface area contributed by atoms with Gasteiger partial charge in [0.15, 0.2) is 0 Å². The molecule has 21 heavy (non-hydrogen) atoms. The molecule has 2 rings (SSSR count). The molecule has 1 aromatic carbocycles. The predicted octanol–water partition coefficient (Wildman–Crippen LogP) is 5.46. The Labute approximate surface area is 129 Å². The summed E-state index contributed by atoms with van der Waals surface area (Å²) >= 11 is 0. The Hall–Kier alpha value is -1.31. The molecule has 1 aliphatic carbocycles. The van der Waals surface area contributed by atoms with E-state index in [1.165, 1.54) is 52.1 Å². The second-order valence-electron chi connectivity index (χ2n) is 6.26. The molecule has 1 saturated carbocycles. The highest BCUT2D eigenvalue weighted by atomic mass is 16.5. The molecule has 1 aromatic rings. The fourth-order valence-electron chi connectivity index (χ4n) is 2.81. The quantitative estimate of drug-likeness (QED) is 0.642. The van der Waals surface area contributed by atoms with E-state index in [1.807, 2.05) is 26.0 Å². The van der Waals surface area contributed by atoms with Crippen LogP contribution < -0.4 is 0 Å². The maximum atomic E-state index is 11.1. The normalized spacial score (nSPS) is 16.2. The van der Waals surface area contributed by atoms with Gasteiger partial charge in [-0.3, -0.25) is 0 Å². The maximum absolute atomic E-state index is 11.1. The summed E-state index contributed by atoms with van der Waals surface area (Å²) in [6.45, 7) is 6.29. The smallest absolute Gasteiger partial charge is 0.338 e. The van der Waals surface area contributed by atoms with Crippen LogP contribution in [0.15, 0.2) is 18.2 Å². The molecule has 0 N–H and O–H groups in total. The summed E-state index contributed by atoms with van der Waals surface area (Å²) in [7, 11) is 1.39.